The zero-order chi connectivity index (χ0) is 16.7. The minimum absolute atomic E-state index is 0.0941. The van der Waals surface area contributed by atoms with Crippen LogP contribution in [0.5, 0.6) is 5.75 Å². The van der Waals surface area contributed by atoms with Crippen molar-refractivity contribution in [2.45, 2.75) is 38.1 Å². The monoisotopic (exact) mass is 321 g/mol. The number of nitrogens with one attached hydrogen (secondary N) is 1. The van der Waals surface area contributed by atoms with Gasteiger partial charge in [0.1, 0.15) is 0 Å². The molecule has 2 unspecified atom stereocenters. The second-order valence-corrected chi connectivity index (χ2v) is 5.78. The summed E-state index contributed by atoms with van der Waals surface area (Å²) < 4.78 is 5.38. The summed E-state index contributed by atoms with van der Waals surface area (Å²) in [6, 6.07) is 6.28. The molecule has 1 aliphatic carbocycles. The molecule has 1 aliphatic rings. The maximum Gasteiger partial charge on any atom is 0.310 e. The third kappa shape index (κ3) is 4.92. The van der Waals surface area contributed by atoms with Crippen LogP contribution in [-0.2, 0) is 4.79 Å². The Morgan fingerprint density at radius 1 is 1.35 bits per heavy atom. The van der Waals surface area contributed by atoms with E-state index in [4.69, 9.17) is 10.5 Å². The van der Waals surface area contributed by atoms with Crippen LogP contribution in [-0.4, -0.2) is 30.0 Å². The maximum absolute atomic E-state index is 12.0. The molecule has 1 saturated carbocycles. The Balaban J connectivity index is 1.80. The molecule has 1 fully saturated rings. The van der Waals surface area contributed by atoms with Gasteiger partial charge in [-0.1, -0.05) is 25.0 Å². The van der Waals surface area contributed by atoms with Crippen LogP contribution in [0.4, 0.5) is 5.69 Å². The van der Waals surface area contributed by atoms with Crippen molar-refractivity contribution in [1.82, 2.24) is 5.32 Å². The molecule has 1 amide bonds. The van der Waals surface area contributed by atoms with Crippen molar-refractivity contribution in [3.8, 4) is 5.75 Å². The van der Waals surface area contributed by atoms with E-state index < -0.39 is 4.92 Å². The fourth-order valence-corrected chi connectivity index (χ4v) is 2.94. The molecule has 0 bridgehead atoms. The summed E-state index contributed by atoms with van der Waals surface area (Å²) in [7, 11) is 0. The molecule has 126 valence electrons. The number of nitrogens with zero attached hydrogens (tertiary/aromatic N) is 1. The Labute approximate surface area is 135 Å². The number of rotatable bonds is 7. The minimum Gasteiger partial charge on any atom is -0.486 e. The predicted molar refractivity (Wildman–Crippen MR) is 86.2 cm³/mol. The topological polar surface area (TPSA) is 107 Å². The first-order valence-electron chi connectivity index (χ1n) is 7.97. The molecular weight excluding hydrogens is 298 g/mol. The molecule has 7 nitrogen and oxygen atoms in total. The van der Waals surface area contributed by atoms with Gasteiger partial charge in [-0.15, -0.1) is 0 Å². The Morgan fingerprint density at radius 3 is 2.83 bits per heavy atom. The van der Waals surface area contributed by atoms with Crippen LogP contribution in [0.1, 0.15) is 32.1 Å². The summed E-state index contributed by atoms with van der Waals surface area (Å²) in [6.07, 6.45) is 4.44. The van der Waals surface area contributed by atoms with E-state index in [-0.39, 0.29) is 36.4 Å². The Morgan fingerprint density at radius 2 is 2.09 bits per heavy atom. The van der Waals surface area contributed by atoms with Gasteiger partial charge < -0.3 is 15.8 Å². The fraction of sp³-hybridized carbons (Fsp3) is 0.562. The fourth-order valence-electron chi connectivity index (χ4n) is 2.94. The zero-order valence-corrected chi connectivity index (χ0v) is 13.1. The number of para-hydroxylation sites is 2. The van der Waals surface area contributed by atoms with Crippen LogP contribution in [0, 0.1) is 16.0 Å². The number of carbonyl (C=O) groups excluding carboxylic acids is 1. The maximum atomic E-state index is 12.0. The van der Waals surface area contributed by atoms with Gasteiger partial charge in [0.05, 0.1) is 18.0 Å². The molecule has 2 atom stereocenters. The van der Waals surface area contributed by atoms with Gasteiger partial charge in [0.25, 0.3) is 0 Å². The highest BCUT2D eigenvalue weighted by Gasteiger charge is 2.25. The van der Waals surface area contributed by atoms with Gasteiger partial charge in [0.15, 0.2) is 5.75 Å². The molecule has 2 rings (SSSR count). The summed E-state index contributed by atoms with van der Waals surface area (Å²) in [6.45, 7) is 0.689. The van der Waals surface area contributed by atoms with Gasteiger partial charge >= 0.3 is 5.69 Å². The Kier molecular flexibility index (Phi) is 6.34. The van der Waals surface area contributed by atoms with Crippen molar-refractivity contribution >= 4 is 11.6 Å². The first-order chi connectivity index (χ1) is 11.1. The van der Waals surface area contributed by atoms with Crippen molar-refractivity contribution in [2.75, 3.05) is 13.2 Å². The van der Waals surface area contributed by atoms with E-state index in [1.54, 1.807) is 12.1 Å². The standard InChI is InChI=1S/C16H23N3O4/c17-11-12-5-1-2-6-13(12)18-16(20)9-10-23-15-8-4-3-7-14(15)19(21)22/h3-4,7-8,12-13H,1-2,5-6,9-11,17H2,(H,18,20). The van der Waals surface area contributed by atoms with Gasteiger partial charge in [-0.2, -0.15) is 0 Å². The molecular formula is C16H23N3O4. The van der Waals surface area contributed by atoms with Crippen molar-refractivity contribution in [1.29, 1.82) is 0 Å². The van der Waals surface area contributed by atoms with E-state index in [0.717, 1.165) is 25.7 Å². The summed E-state index contributed by atoms with van der Waals surface area (Å²) in [5.41, 5.74) is 5.66. The molecule has 0 spiro atoms. The van der Waals surface area contributed by atoms with Crippen LogP contribution in [0.25, 0.3) is 0 Å². The second kappa shape index (κ2) is 8.47. The average molecular weight is 321 g/mol. The largest absolute Gasteiger partial charge is 0.486 e. The number of amides is 1. The number of nitro groups is 1. The quantitative estimate of drug-likeness (QED) is 0.590. The average Bonchev–Trinajstić information content (AvgIpc) is 2.55. The second-order valence-electron chi connectivity index (χ2n) is 5.78. The highest BCUT2D eigenvalue weighted by Crippen LogP contribution is 2.26. The summed E-state index contributed by atoms with van der Waals surface area (Å²) in [4.78, 5) is 22.4. The summed E-state index contributed by atoms with van der Waals surface area (Å²) >= 11 is 0. The smallest absolute Gasteiger partial charge is 0.310 e. The van der Waals surface area contributed by atoms with Crippen LogP contribution in [0.2, 0.25) is 0 Å². The number of carbonyl (C=O) groups is 1. The molecule has 1 aromatic rings. The SMILES string of the molecule is NCC1CCCCC1NC(=O)CCOc1ccccc1[N+](=O)[O-]. The van der Waals surface area contributed by atoms with E-state index in [9.17, 15) is 14.9 Å². The van der Waals surface area contributed by atoms with Crippen LogP contribution >= 0.6 is 0 Å². The highest BCUT2D eigenvalue weighted by atomic mass is 16.6. The minimum atomic E-state index is -0.497. The van der Waals surface area contributed by atoms with E-state index >= 15 is 0 Å². The van der Waals surface area contributed by atoms with Crippen molar-refractivity contribution < 1.29 is 14.5 Å². The van der Waals surface area contributed by atoms with Gasteiger partial charge in [0, 0.05) is 12.1 Å². The number of ether oxygens (including phenoxy) is 1. The van der Waals surface area contributed by atoms with E-state index in [0.29, 0.717) is 12.5 Å². The van der Waals surface area contributed by atoms with Crippen LogP contribution < -0.4 is 15.8 Å². The molecule has 0 aliphatic heterocycles. The number of nitro benzene ring substituents is 1. The van der Waals surface area contributed by atoms with E-state index in [1.807, 2.05) is 0 Å². The number of benzene rings is 1. The summed E-state index contributed by atoms with van der Waals surface area (Å²) in [5.74, 6) is 0.417. The van der Waals surface area contributed by atoms with Gasteiger partial charge in [-0.3, -0.25) is 14.9 Å². The first kappa shape index (κ1) is 17.2. The van der Waals surface area contributed by atoms with Gasteiger partial charge in [0.2, 0.25) is 5.91 Å². The molecule has 7 heteroatoms. The van der Waals surface area contributed by atoms with Gasteiger partial charge in [-0.25, -0.2) is 0 Å². The predicted octanol–water partition coefficient (Wildman–Crippen LogP) is 2.00. The number of hydrogen-bond donors (Lipinski definition) is 2. The number of nitrogens with two attached hydrogens (primary N) is 1. The zero-order valence-electron chi connectivity index (χ0n) is 13.1. The molecule has 0 heterocycles. The van der Waals surface area contributed by atoms with Gasteiger partial charge in [-0.05, 0) is 31.4 Å². The molecule has 23 heavy (non-hydrogen) atoms. The lowest BCUT2D eigenvalue weighted by molar-refractivity contribution is -0.385. The molecule has 0 aromatic heterocycles. The molecule has 0 radical (unpaired) electrons. The van der Waals surface area contributed by atoms with Crippen molar-refractivity contribution in [3.05, 3.63) is 34.4 Å². The van der Waals surface area contributed by atoms with E-state index in [1.165, 1.54) is 12.1 Å². The molecule has 3 N–H and O–H groups in total. The lowest BCUT2D eigenvalue weighted by Gasteiger charge is -2.31. The molecule has 1 aromatic carbocycles. The third-order valence-electron chi connectivity index (χ3n) is 4.21. The first-order valence-corrected chi connectivity index (χ1v) is 7.97. The number of hydrogen-bond acceptors (Lipinski definition) is 5. The van der Waals surface area contributed by atoms with Crippen LogP contribution in [0.3, 0.4) is 0 Å². The highest BCUT2D eigenvalue weighted by molar-refractivity contribution is 5.76. The van der Waals surface area contributed by atoms with Crippen molar-refractivity contribution in [2.24, 2.45) is 11.7 Å². The van der Waals surface area contributed by atoms with E-state index in [2.05, 4.69) is 5.32 Å². The Hall–Kier alpha value is -2.15. The summed E-state index contributed by atoms with van der Waals surface area (Å²) in [5, 5.41) is 13.9. The van der Waals surface area contributed by atoms with Crippen LogP contribution in [0.15, 0.2) is 24.3 Å². The molecule has 0 saturated heterocycles. The normalized spacial score (nSPS) is 20.7. The lowest BCUT2D eigenvalue weighted by Crippen LogP contribution is -2.45. The van der Waals surface area contributed by atoms with Crippen molar-refractivity contribution in [3.63, 3.8) is 0 Å². The lowest BCUT2D eigenvalue weighted by atomic mass is 9.84. The Bertz CT molecular complexity index is 550. The third-order valence-corrected chi connectivity index (χ3v) is 4.21.